The number of rotatable bonds is 0. The van der Waals surface area contributed by atoms with Crippen LogP contribution in [0, 0.1) is 25.2 Å². The molecule has 0 saturated carbocycles. The van der Waals surface area contributed by atoms with E-state index < -0.39 is 0 Å². The quantitative estimate of drug-likeness (QED) is 0.732. The predicted molar refractivity (Wildman–Crippen MR) is 82.2 cm³/mol. The van der Waals surface area contributed by atoms with Crippen LogP contribution in [-0.4, -0.2) is 21.5 Å². The van der Waals surface area contributed by atoms with E-state index in [-0.39, 0.29) is 19.0 Å². The molecule has 0 unspecified atom stereocenters. The third-order valence-electron chi connectivity index (χ3n) is 1.44. The number of aryl methyl sites for hydroxylation is 2. The molecule has 0 spiro atoms. The van der Waals surface area contributed by atoms with Crippen molar-refractivity contribution in [2.75, 3.05) is 0 Å². The number of aromatic nitrogens is 2. The van der Waals surface area contributed by atoms with Crippen molar-refractivity contribution in [2.24, 2.45) is 0 Å². The van der Waals surface area contributed by atoms with Crippen LogP contribution >= 0.6 is 0 Å². The second-order valence-electron chi connectivity index (χ2n) is 4.87. The Morgan fingerprint density at radius 3 is 1.95 bits per heavy atom. The molecule has 1 aromatic rings. The molecule has 1 rings (SSSR count). The maximum atomic E-state index is 10.2. The van der Waals surface area contributed by atoms with Crippen LogP contribution in [0.15, 0.2) is 6.20 Å². The summed E-state index contributed by atoms with van der Waals surface area (Å²) in [6, 6.07) is 1.93. The molecule has 0 amide bonds. The Labute approximate surface area is 123 Å². The minimum atomic E-state index is -0.328. The van der Waals surface area contributed by atoms with E-state index in [1.807, 2.05) is 53.8 Å². The Kier molecular flexibility index (Phi) is 14.2. The number of H-pyrrole nitrogens is 1. The number of ether oxygens (including phenoxy) is 1. The van der Waals surface area contributed by atoms with Crippen molar-refractivity contribution in [3.8, 4) is 6.07 Å². The first-order valence-electron chi connectivity index (χ1n) is 6.17. The van der Waals surface area contributed by atoms with Gasteiger partial charge in [0, 0.05) is 25.2 Å². The lowest BCUT2D eigenvalue weighted by Gasteiger charge is -2.17. The average Bonchev–Trinajstić information content (AvgIpc) is 2.60. The van der Waals surface area contributed by atoms with Crippen LogP contribution < -0.4 is 0 Å². The molecule has 0 aliphatic rings. The number of carbonyl (C=O) groups is 1. The van der Waals surface area contributed by atoms with E-state index in [9.17, 15) is 4.79 Å². The van der Waals surface area contributed by atoms with Crippen molar-refractivity contribution in [1.82, 2.24) is 9.97 Å². The van der Waals surface area contributed by atoms with E-state index in [0.717, 1.165) is 11.5 Å². The number of nitrogens with zero attached hydrogens (tertiary/aromatic N) is 2. The first-order chi connectivity index (χ1) is 8.62. The second kappa shape index (κ2) is 12.2. The first kappa shape index (κ1) is 23.3. The smallest absolute Gasteiger partial charge is 0.303 e. The molecule has 5 heteroatoms. The Morgan fingerprint density at radius 2 is 1.90 bits per heavy atom. The Morgan fingerprint density at radius 1 is 1.45 bits per heavy atom. The molecular formula is C15H29N3O2. The minimum absolute atomic E-state index is 0. The van der Waals surface area contributed by atoms with Crippen LogP contribution in [0.25, 0.3) is 0 Å². The number of aromatic amines is 1. The molecule has 0 bridgehead atoms. The number of nitrogens with one attached hydrogen (secondary N) is 1. The summed E-state index contributed by atoms with van der Waals surface area (Å²) in [5, 5.41) is 7.62. The van der Waals surface area contributed by atoms with Gasteiger partial charge < -0.3 is 9.72 Å². The van der Waals surface area contributed by atoms with Gasteiger partial charge in [-0.2, -0.15) is 5.26 Å². The summed E-state index contributed by atoms with van der Waals surface area (Å²) in [5.74, 6) is 0.759. The molecule has 5 nitrogen and oxygen atoms in total. The van der Waals surface area contributed by atoms with Crippen molar-refractivity contribution in [2.45, 2.75) is 67.9 Å². The SMILES string of the molecule is C.CC(=O)OC(C)(C)C.CCC#N.Cc1cnc(C)[nH]1. The zero-order chi connectivity index (χ0) is 15.5. The van der Waals surface area contributed by atoms with Crippen molar-refractivity contribution >= 4 is 5.97 Å². The number of imidazole rings is 1. The Hall–Kier alpha value is -1.83. The van der Waals surface area contributed by atoms with Gasteiger partial charge in [-0.25, -0.2) is 4.98 Å². The first-order valence-corrected chi connectivity index (χ1v) is 6.17. The molecule has 0 saturated heterocycles. The summed E-state index contributed by atoms with van der Waals surface area (Å²) in [6.07, 6.45) is 2.44. The number of esters is 1. The van der Waals surface area contributed by atoms with Crippen molar-refractivity contribution in [3.05, 3.63) is 17.7 Å². The average molecular weight is 283 g/mol. The monoisotopic (exact) mass is 283 g/mol. The zero-order valence-corrected chi connectivity index (χ0v) is 13.0. The molecule has 116 valence electrons. The van der Waals surface area contributed by atoms with E-state index in [4.69, 9.17) is 10.00 Å². The van der Waals surface area contributed by atoms with E-state index in [1.165, 1.54) is 6.92 Å². The van der Waals surface area contributed by atoms with Gasteiger partial charge in [0.2, 0.25) is 0 Å². The van der Waals surface area contributed by atoms with Crippen LogP contribution in [0.2, 0.25) is 0 Å². The maximum absolute atomic E-state index is 10.2. The van der Waals surface area contributed by atoms with Gasteiger partial charge in [0.1, 0.15) is 11.4 Å². The normalized spacial score (nSPS) is 8.70. The third kappa shape index (κ3) is 21.5. The molecule has 0 fully saturated rings. The number of carbonyl (C=O) groups excluding carboxylic acids is 1. The summed E-state index contributed by atoms with van der Waals surface area (Å²) in [5.41, 5.74) is 0.795. The summed E-state index contributed by atoms with van der Waals surface area (Å²) >= 11 is 0. The van der Waals surface area contributed by atoms with Gasteiger partial charge in [0.15, 0.2) is 0 Å². The highest BCUT2D eigenvalue weighted by atomic mass is 16.6. The van der Waals surface area contributed by atoms with E-state index >= 15 is 0 Å². The van der Waals surface area contributed by atoms with E-state index in [0.29, 0.717) is 6.42 Å². The molecule has 0 atom stereocenters. The summed E-state index contributed by atoms with van der Waals surface area (Å²) < 4.78 is 4.80. The van der Waals surface area contributed by atoms with Gasteiger partial charge in [0.05, 0.1) is 6.07 Å². The largest absolute Gasteiger partial charge is 0.460 e. The van der Waals surface area contributed by atoms with E-state index in [1.54, 1.807) is 0 Å². The molecule has 1 N–H and O–H groups in total. The van der Waals surface area contributed by atoms with Crippen LogP contribution in [-0.2, 0) is 9.53 Å². The van der Waals surface area contributed by atoms with Gasteiger partial charge in [0.25, 0.3) is 0 Å². The highest BCUT2D eigenvalue weighted by molar-refractivity contribution is 5.66. The van der Waals surface area contributed by atoms with Crippen LogP contribution in [0.5, 0.6) is 0 Å². The fourth-order valence-corrected chi connectivity index (χ4v) is 0.975. The van der Waals surface area contributed by atoms with Gasteiger partial charge in [-0.3, -0.25) is 4.79 Å². The topological polar surface area (TPSA) is 78.8 Å². The predicted octanol–water partition coefficient (Wildman–Crippen LogP) is 3.93. The van der Waals surface area contributed by atoms with Gasteiger partial charge in [-0.05, 0) is 34.6 Å². The van der Waals surface area contributed by atoms with Crippen molar-refractivity contribution in [3.63, 3.8) is 0 Å². The van der Waals surface area contributed by atoms with Crippen LogP contribution in [0.1, 0.15) is 60.0 Å². The molecule has 1 heterocycles. The standard InChI is InChI=1S/C6H12O2.C5H8N2.C3H5N.CH4/c1-5(7)8-6(2,3)4;1-4-3-6-5(2)7-4;1-2-3-4;/h1-4H3;3H,1-2H3,(H,6,7);2H2,1H3;1H4. The maximum Gasteiger partial charge on any atom is 0.303 e. The lowest BCUT2D eigenvalue weighted by Crippen LogP contribution is -2.21. The molecular weight excluding hydrogens is 254 g/mol. The Bertz CT molecular complexity index is 381. The van der Waals surface area contributed by atoms with Gasteiger partial charge in [-0.1, -0.05) is 14.4 Å². The molecule has 1 aromatic heterocycles. The zero-order valence-electron chi connectivity index (χ0n) is 13.0. The van der Waals surface area contributed by atoms with Crippen LogP contribution in [0.4, 0.5) is 0 Å². The second-order valence-corrected chi connectivity index (χ2v) is 4.87. The highest BCUT2D eigenvalue weighted by Crippen LogP contribution is 2.05. The lowest BCUT2D eigenvalue weighted by molar-refractivity contribution is -0.151. The van der Waals surface area contributed by atoms with Crippen molar-refractivity contribution < 1.29 is 9.53 Å². The molecule has 20 heavy (non-hydrogen) atoms. The number of hydrogen-bond donors (Lipinski definition) is 1. The van der Waals surface area contributed by atoms with E-state index in [2.05, 4.69) is 9.97 Å². The summed E-state index contributed by atoms with van der Waals surface area (Å²) in [4.78, 5) is 17.2. The highest BCUT2D eigenvalue weighted by Gasteiger charge is 2.11. The third-order valence-corrected chi connectivity index (χ3v) is 1.44. The lowest BCUT2D eigenvalue weighted by atomic mass is 10.2. The molecule has 0 aromatic carbocycles. The minimum Gasteiger partial charge on any atom is -0.460 e. The molecule has 0 radical (unpaired) electrons. The van der Waals surface area contributed by atoms with Gasteiger partial charge in [-0.15, -0.1) is 0 Å². The fourth-order valence-electron chi connectivity index (χ4n) is 0.975. The number of hydrogen-bond acceptors (Lipinski definition) is 4. The van der Waals surface area contributed by atoms with Crippen LogP contribution in [0.3, 0.4) is 0 Å². The fraction of sp³-hybridized carbons (Fsp3) is 0.667. The molecule has 0 aliphatic heterocycles. The summed E-state index contributed by atoms with van der Waals surface area (Å²) in [6.45, 7) is 12.7. The summed E-state index contributed by atoms with van der Waals surface area (Å²) in [7, 11) is 0. The Balaban J connectivity index is -0.000000223. The number of nitriles is 1. The van der Waals surface area contributed by atoms with Crippen molar-refractivity contribution in [1.29, 1.82) is 5.26 Å². The van der Waals surface area contributed by atoms with Gasteiger partial charge >= 0.3 is 5.97 Å². The molecule has 0 aliphatic carbocycles.